The minimum Gasteiger partial charge on any atom is -0.493 e. The highest BCUT2D eigenvalue weighted by atomic mass is 16.6. The Kier molecular flexibility index (Phi) is 6.04. The van der Waals surface area contributed by atoms with Gasteiger partial charge >= 0.3 is 5.69 Å². The summed E-state index contributed by atoms with van der Waals surface area (Å²) in [6, 6.07) is 8.41. The second-order valence-corrected chi connectivity index (χ2v) is 4.93. The summed E-state index contributed by atoms with van der Waals surface area (Å²) in [5.41, 5.74) is 2.42. The normalized spacial score (nSPS) is 10.5. The van der Waals surface area contributed by atoms with Gasteiger partial charge in [0.25, 0.3) is 5.69 Å². The number of hydrogen-bond acceptors (Lipinski definition) is 8. The summed E-state index contributed by atoms with van der Waals surface area (Å²) >= 11 is 0. The summed E-state index contributed by atoms with van der Waals surface area (Å²) in [6.07, 6.45) is 1.44. The predicted octanol–water partition coefficient (Wildman–Crippen LogP) is 3.36. The second kappa shape index (κ2) is 8.42. The maximum Gasteiger partial charge on any atom is 0.301 e. The van der Waals surface area contributed by atoms with Gasteiger partial charge in [0, 0.05) is 6.07 Å². The zero-order chi connectivity index (χ0) is 19.1. The Bertz CT molecular complexity index is 853. The first-order valence-electron chi connectivity index (χ1n) is 7.49. The summed E-state index contributed by atoms with van der Waals surface area (Å²) in [6.45, 7) is 2.31. The first-order valence-corrected chi connectivity index (χ1v) is 7.49. The maximum absolute atomic E-state index is 11.1. The zero-order valence-electron chi connectivity index (χ0n) is 14.0. The first kappa shape index (κ1) is 18.6. The molecule has 2 aromatic rings. The lowest BCUT2D eigenvalue weighted by molar-refractivity contribution is -0.393. The number of nitro groups is 2. The van der Waals surface area contributed by atoms with Gasteiger partial charge < -0.3 is 9.47 Å². The number of nitro benzene ring substituents is 2. The minimum absolute atomic E-state index is 0.0374. The van der Waals surface area contributed by atoms with Crippen LogP contribution in [-0.4, -0.2) is 29.8 Å². The molecule has 0 atom stereocenters. The van der Waals surface area contributed by atoms with Crippen molar-refractivity contribution in [1.82, 2.24) is 0 Å². The lowest BCUT2D eigenvalue weighted by atomic mass is 10.2. The highest BCUT2D eigenvalue weighted by molar-refractivity contribution is 5.82. The van der Waals surface area contributed by atoms with Crippen molar-refractivity contribution in [2.24, 2.45) is 5.10 Å². The molecule has 2 rings (SSSR count). The van der Waals surface area contributed by atoms with Crippen LogP contribution in [0.25, 0.3) is 0 Å². The number of hydrazone groups is 1. The summed E-state index contributed by atoms with van der Waals surface area (Å²) in [4.78, 5) is 20.4. The van der Waals surface area contributed by atoms with Gasteiger partial charge in [-0.1, -0.05) is 0 Å². The monoisotopic (exact) mass is 360 g/mol. The van der Waals surface area contributed by atoms with Crippen molar-refractivity contribution in [2.75, 3.05) is 19.1 Å². The molecular weight excluding hydrogens is 344 g/mol. The molecule has 26 heavy (non-hydrogen) atoms. The van der Waals surface area contributed by atoms with Gasteiger partial charge in [0.2, 0.25) is 0 Å². The van der Waals surface area contributed by atoms with E-state index in [0.717, 1.165) is 12.1 Å². The van der Waals surface area contributed by atoms with Crippen LogP contribution in [0.4, 0.5) is 17.1 Å². The van der Waals surface area contributed by atoms with E-state index in [1.807, 2.05) is 6.92 Å². The molecule has 0 aliphatic carbocycles. The van der Waals surface area contributed by atoms with Crippen LogP contribution in [0.1, 0.15) is 12.5 Å². The largest absolute Gasteiger partial charge is 0.493 e. The Morgan fingerprint density at radius 3 is 2.50 bits per heavy atom. The van der Waals surface area contributed by atoms with Crippen molar-refractivity contribution < 1.29 is 19.3 Å². The molecule has 0 unspecified atom stereocenters. The van der Waals surface area contributed by atoms with E-state index in [2.05, 4.69) is 10.5 Å². The average molecular weight is 360 g/mol. The van der Waals surface area contributed by atoms with Gasteiger partial charge in [0.1, 0.15) is 5.69 Å². The number of methoxy groups -OCH3 is 1. The third kappa shape index (κ3) is 4.44. The Hall–Kier alpha value is -3.69. The topological polar surface area (TPSA) is 129 Å². The van der Waals surface area contributed by atoms with Gasteiger partial charge in [-0.15, -0.1) is 0 Å². The third-order valence-electron chi connectivity index (χ3n) is 3.27. The molecule has 136 valence electrons. The van der Waals surface area contributed by atoms with Crippen molar-refractivity contribution in [3.63, 3.8) is 0 Å². The van der Waals surface area contributed by atoms with Crippen LogP contribution in [0, 0.1) is 20.2 Å². The molecule has 0 fully saturated rings. The van der Waals surface area contributed by atoms with E-state index in [4.69, 9.17) is 9.47 Å². The van der Waals surface area contributed by atoms with Gasteiger partial charge in [0.15, 0.2) is 11.5 Å². The van der Waals surface area contributed by atoms with Crippen LogP contribution in [0.2, 0.25) is 0 Å². The standard InChI is InChI=1S/C16H16N4O6/c1-3-26-16-8-11(4-7-15(16)25-2)10-17-18-13-6-5-12(19(21)22)9-14(13)20(23)24/h4-10,18H,3H2,1-2H3/b17-10+. The number of nitrogens with zero attached hydrogens (tertiary/aromatic N) is 3. The van der Waals surface area contributed by atoms with E-state index in [1.165, 1.54) is 19.4 Å². The van der Waals surface area contributed by atoms with Gasteiger partial charge in [-0.3, -0.25) is 25.7 Å². The minimum atomic E-state index is -0.717. The van der Waals surface area contributed by atoms with E-state index in [1.54, 1.807) is 18.2 Å². The van der Waals surface area contributed by atoms with E-state index in [-0.39, 0.29) is 11.4 Å². The fourth-order valence-corrected chi connectivity index (χ4v) is 2.10. The molecule has 10 heteroatoms. The number of benzene rings is 2. The van der Waals surface area contributed by atoms with E-state index < -0.39 is 15.5 Å². The number of nitrogens with one attached hydrogen (secondary N) is 1. The van der Waals surface area contributed by atoms with Crippen LogP contribution < -0.4 is 14.9 Å². The van der Waals surface area contributed by atoms with Gasteiger partial charge in [-0.25, -0.2) is 0 Å². The van der Waals surface area contributed by atoms with Crippen molar-refractivity contribution in [2.45, 2.75) is 6.92 Å². The summed E-state index contributed by atoms with van der Waals surface area (Å²) in [7, 11) is 1.53. The molecule has 0 heterocycles. The van der Waals surface area contributed by atoms with Gasteiger partial charge in [-0.05, 0) is 36.8 Å². The molecule has 0 radical (unpaired) electrons. The van der Waals surface area contributed by atoms with Crippen molar-refractivity contribution in [3.05, 3.63) is 62.2 Å². The molecule has 0 aromatic heterocycles. The third-order valence-corrected chi connectivity index (χ3v) is 3.27. The highest BCUT2D eigenvalue weighted by Crippen LogP contribution is 2.29. The molecule has 10 nitrogen and oxygen atoms in total. The summed E-state index contributed by atoms with van der Waals surface area (Å²) in [5.74, 6) is 1.11. The Labute approximate surface area is 148 Å². The van der Waals surface area contributed by atoms with Crippen LogP contribution in [0.15, 0.2) is 41.5 Å². The summed E-state index contributed by atoms with van der Waals surface area (Å²) in [5, 5.41) is 25.8. The molecular formula is C16H16N4O6. The number of rotatable bonds is 8. The number of non-ortho nitro benzene ring substituents is 1. The maximum atomic E-state index is 11.1. The first-order chi connectivity index (χ1) is 12.5. The van der Waals surface area contributed by atoms with Crippen molar-refractivity contribution in [1.29, 1.82) is 0 Å². The Balaban J connectivity index is 2.21. The van der Waals surface area contributed by atoms with Crippen LogP contribution in [-0.2, 0) is 0 Å². The fourth-order valence-electron chi connectivity index (χ4n) is 2.10. The van der Waals surface area contributed by atoms with Crippen molar-refractivity contribution >= 4 is 23.3 Å². The smallest absolute Gasteiger partial charge is 0.301 e. The van der Waals surface area contributed by atoms with Gasteiger partial charge in [-0.2, -0.15) is 5.10 Å². The number of anilines is 1. The molecule has 0 amide bonds. The molecule has 0 saturated heterocycles. The van der Waals surface area contributed by atoms with Crippen LogP contribution >= 0.6 is 0 Å². The Morgan fingerprint density at radius 2 is 1.88 bits per heavy atom. The van der Waals surface area contributed by atoms with E-state index in [9.17, 15) is 20.2 Å². The fraction of sp³-hybridized carbons (Fsp3) is 0.188. The quantitative estimate of drug-likeness (QED) is 0.434. The lowest BCUT2D eigenvalue weighted by Gasteiger charge is -2.09. The number of hydrogen-bond donors (Lipinski definition) is 1. The molecule has 0 aliphatic rings. The Morgan fingerprint density at radius 1 is 1.12 bits per heavy atom. The second-order valence-electron chi connectivity index (χ2n) is 4.93. The van der Waals surface area contributed by atoms with E-state index in [0.29, 0.717) is 23.7 Å². The predicted molar refractivity (Wildman–Crippen MR) is 95.1 cm³/mol. The molecule has 2 aromatic carbocycles. The number of ether oxygens (including phenoxy) is 2. The molecule has 0 aliphatic heterocycles. The molecule has 1 N–H and O–H groups in total. The lowest BCUT2D eigenvalue weighted by Crippen LogP contribution is -1.99. The average Bonchev–Trinajstić information content (AvgIpc) is 2.62. The van der Waals surface area contributed by atoms with Crippen LogP contribution in [0.5, 0.6) is 11.5 Å². The molecule has 0 bridgehead atoms. The van der Waals surface area contributed by atoms with Crippen LogP contribution in [0.3, 0.4) is 0 Å². The molecule has 0 spiro atoms. The van der Waals surface area contributed by atoms with Gasteiger partial charge in [0.05, 0.1) is 35.8 Å². The van der Waals surface area contributed by atoms with Crippen molar-refractivity contribution in [3.8, 4) is 11.5 Å². The highest BCUT2D eigenvalue weighted by Gasteiger charge is 2.19. The molecule has 0 saturated carbocycles. The summed E-state index contributed by atoms with van der Waals surface area (Å²) < 4.78 is 10.6. The SMILES string of the molecule is CCOc1cc(/C=N/Nc2ccc([N+](=O)[O-])cc2[N+](=O)[O-])ccc1OC. The zero-order valence-corrected chi connectivity index (χ0v) is 14.0. The van der Waals surface area contributed by atoms with E-state index >= 15 is 0 Å².